The van der Waals surface area contributed by atoms with E-state index >= 15 is 0 Å². The van der Waals surface area contributed by atoms with E-state index < -0.39 is 10.0 Å². The van der Waals surface area contributed by atoms with Crippen LogP contribution in [0.1, 0.15) is 0 Å². The van der Waals surface area contributed by atoms with E-state index in [9.17, 15) is 8.42 Å². The van der Waals surface area contributed by atoms with Gasteiger partial charge in [-0.3, -0.25) is 4.72 Å². The van der Waals surface area contributed by atoms with E-state index in [1.54, 1.807) is 36.4 Å². The van der Waals surface area contributed by atoms with Crippen molar-refractivity contribution in [1.29, 1.82) is 0 Å². The predicted molar refractivity (Wildman–Crippen MR) is 102 cm³/mol. The SMILES string of the molecule is COc1ccccc1NS(=O)(=O)c1cccc2c(N(C)C)cccc12. The number of fused-ring (bicyclic) bond motifs is 1. The van der Waals surface area contributed by atoms with Gasteiger partial charge in [-0.05, 0) is 24.3 Å². The quantitative estimate of drug-likeness (QED) is 0.757. The minimum absolute atomic E-state index is 0.236. The summed E-state index contributed by atoms with van der Waals surface area (Å²) in [4.78, 5) is 2.20. The maximum atomic E-state index is 13.0. The minimum Gasteiger partial charge on any atom is -0.495 e. The molecule has 0 heterocycles. The molecule has 3 aromatic carbocycles. The van der Waals surface area contributed by atoms with Crippen molar-refractivity contribution in [2.45, 2.75) is 4.90 Å². The first-order valence-electron chi connectivity index (χ1n) is 7.79. The Morgan fingerprint density at radius 1 is 0.880 bits per heavy atom. The van der Waals surface area contributed by atoms with Crippen LogP contribution in [0.2, 0.25) is 0 Å². The highest BCUT2D eigenvalue weighted by Crippen LogP contribution is 2.32. The molecule has 0 aliphatic carbocycles. The van der Waals surface area contributed by atoms with Crippen molar-refractivity contribution >= 4 is 32.2 Å². The van der Waals surface area contributed by atoms with Crippen molar-refractivity contribution in [2.75, 3.05) is 30.8 Å². The summed E-state index contributed by atoms with van der Waals surface area (Å²) in [6, 6.07) is 17.9. The van der Waals surface area contributed by atoms with Crippen LogP contribution in [0.25, 0.3) is 10.8 Å². The average Bonchev–Trinajstić information content (AvgIpc) is 2.60. The Hall–Kier alpha value is -2.73. The highest BCUT2D eigenvalue weighted by molar-refractivity contribution is 7.93. The van der Waals surface area contributed by atoms with Crippen molar-refractivity contribution in [3.8, 4) is 5.75 Å². The van der Waals surface area contributed by atoms with E-state index in [1.165, 1.54) is 7.11 Å². The van der Waals surface area contributed by atoms with Gasteiger partial charge in [0, 0.05) is 30.6 Å². The number of hydrogen-bond acceptors (Lipinski definition) is 4. The second-order valence-electron chi connectivity index (χ2n) is 5.83. The molecule has 0 saturated carbocycles. The van der Waals surface area contributed by atoms with Crippen LogP contribution in [-0.2, 0) is 10.0 Å². The van der Waals surface area contributed by atoms with E-state index in [4.69, 9.17) is 4.74 Å². The monoisotopic (exact) mass is 356 g/mol. The molecule has 3 rings (SSSR count). The lowest BCUT2D eigenvalue weighted by Crippen LogP contribution is -2.14. The van der Waals surface area contributed by atoms with Gasteiger partial charge in [0.25, 0.3) is 10.0 Å². The zero-order valence-electron chi connectivity index (χ0n) is 14.4. The summed E-state index contributed by atoms with van der Waals surface area (Å²) in [5.74, 6) is 0.472. The Kier molecular flexibility index (Phi) is 4.55. The van der Waals surface area contributed by atoms with Crippen LogP contribution in [0.4, 0.5) is 11.4 Å². The molecule has 130 valence electrons. The fourth-order valence-corrected chi connectivity index (χ4v) is 4.11. The summed E-state index contributed by atoms with van der Waals surface area (Å²) in [7, 11) is 1.61. The Morgan fingerprint density at radius 2 is 1.56 bits per heavy atom. The number of sulfonamides is 1. The second-order valence-corrected chi connectivity index (χ2v) is 7.48. The lowest BCUT2D eigenvalue weighted by atomic mass is 10.1. The van der Waals surface area contributed by atoms with Gasteiger partial charge in [-0.2, -0.15) is 0 Å². The van der Waals surface area contributed by atoms with Gasteiger partial charge in [-0.1, -0.05) is 36.4 Å². The summed E-state index contributed by atoms with van der Waals surface area (Å²) in [5.41, 5.74) is 1.37. The minimum atomic E-state index is -3.76. The van der Waals surface area contributed by atoms with Gasteiger partial charge in [-0.25, -0.2) is 8.42 Å². The maximum absolute atomic E-state index is 13.0. The topological polar surface area (TPSA) is 58.6 Å². The summed E-state index contributed by atoms with van der Waals surface area (Å²) in [6.45, 7) is 0. The summed E-state index contributed by atoms with van der Waals surface area (Å²) >= 11 is 0. The van der Waals surface area contributed by atoms with Crippen LogP contribution in [0.15, 0.2) is 65.6 Å². The third-order valence-corrected chi connectivity index (χ3v) is 5.41. The first-order chi connectivity index (χ1) is 11.9. The third kappa shape index (κ3) is 3.25. The molecule has 0 radical (unpaired) electrons. The number of methoxy groups -OCH3 is 1. The number of rotatable bonds is 5. The van der Waals surface area contributed by atoms with Crippen molar-refractivity contribution in [1.82, 2.24) is 0 Å². The summed E-state index contributed by atoms with van der Waals surface area (Å²) in [6.07, 6.45) is 0. The van der Waals surface area contributed by atoms with E-state index in [-0.39, 0.29) is 4.90 Å². The number of ether oxygens (including phenoxy) is 1. The molecule has 0 spiro atoms. The number of benzene rings is 3. The molecule has 5 nitrogen and oxygen atoms in total. The first-order valence-corrected chi connectivity index (χ1v) is 9.27. The van der Waals surface area contributed by atoms with Crippen molar-refractivity contribution in [3.63, 3.8) is 0 Å². The van der Waals surface area contributed by atoms with E-state index in [2.05, 4.69) is 4.72 Å². The number of hydrogen-bond donors (Lipinski definition) is 1. The molecule has 0 bridgehead atoms. The smallest absolute Gasteiger partial charge is 0.262 e. The zero-order valence-corrected chi connectivity index (χ0v) is 15.2. The number of anilines is 2. The lowest BCUT2D eigenvalue weighted by Gasteiger charge is -2.17. The Bertz CT molecular complexity index is 1010. The molecule has 0 aromatic heterocycles. The molecular weight excluding hydrogens is 336 g/mol. The van der Waals surface area contributed by atoms with Gasteiger partial charge >= 0.3 is 0 Å². The standard InChI is InChI=1S/C19H20N2O3S/c1-21(2)17-11-6-9-15-14(17)8-7-13-19(15)25(22,23)20-16-10-4-5-12-18(16)24-3/h4-13,20H,1-3H3. The molecule has 6 heteroatoms. The molecule has 25 heavy (non-hydrogen) atoms. The molecular formula is C19H20N2O3S. The van der Waals surface area contributed by atoms with E-state index in [0.29, 0.717) is 16.8 Å². The largest absolute Gasteiger partial charge is 0.495 e. The fourth-order valence-electron chi connectivity index (χ4n) is 2.82. The molecule has 0 unspecified atom stereocenters. The molecule has 0 aliphatic rings. The molecule has 0 fully saturated rings. The maximum Gasteiger partial charge on any atom is 0.262 e. The Labute approximate surface area is 147 Å². The van der Waals surface area contributed by atoms with Crippen LogP contribution in [-0.4, -0.2) is 29.6 Å². The predicted octanol–water partition coefficient (Wildman–Crippen LogP) is 3.72. The zero-order chi connectivity index (χ0) is 18.0. The van der Waals surface area contributed by atoms with Crippen LogP contribution in [0.3, 0.4) is 0 Å². The summed E-state index contributed by atoms with van der Waals surface area (Å²) in [5, 5.41) is 1.56. The van der Waals surface area contributed by atoms with Gasteiger partial charge in [-0.15, -0.1) is 0 Å². The van der Waals surface area contributed by atoms with Crippen molar-refractivity contribution in [3.05, 3.63) is 60.7 Å². The van der Waals surface area contributed by atoms with Gasteiger partial charge < -0.3 is 9.64 Å². The van der Waals surface area contributed by atoms with Gasteiger partial charge in [0.2, 0.25) is 0 Å². The normalized spacial score (nSPS) is 11.3. The van der Waals surface area contributed by atoms with Gasteiger partial charge in [0.15, 0.2) is 0 Å². The van der Waals surface area contributed by atoms with Crippen LogP contribution >= 0.6 is 0 Å². The van der Waals surface area contributed by atoms with Crippen LogP contribution in [0, 0.1) is 0 Å². The van der Waals surface area contributed by atoms with Gasteiger partial charge in [0.1, 0.15) is 5.75 Å². The molecule has 1 N–H and O–H groups in total. The van der Waals surface area contributed by atoms with E-state index in [1.807, 2.05) is 43.3 Å². The highest BCUT2D eigenvalue weighted by atomic mass is 32.2. The highest BCUT2D eigenvalue weighted by Gasteiger charge is 2.20. The van der Waals surface area contributed by atoms with Crippen LogP contribution in [0.5, 0.6) is 5.75 Å². The molecule has 0 amide bonds. The molecule has 3 aromatic rings. The third-order valence-electron chi connectivity index (χ3n) is 3.98. The van der Waals surface area contributed by atoms with Crippen LogP contribution < -0.4 is 14.4 Å². The lowest BCUT2D eigenvalue weighted by molar-refractivity contribution is 0.417. The van der Waals surface area contributed by atoms with Gasteiger partial charge in [0.05, 0.1) is 17.7 Å². The fraction of sp³-hybridized carbons (Fsp3) is 0.158. The number of nitrogens with one attached hydrogen (secondary N) is 1. The molecule has 0 atom stereocenters. The second kappa shape index (κ2) is 6.64. The molecule has 0 saturated heterocycles. The summed E-state index contributed by atoms with van der Waals surface area (Å²) < 4.78 is 33.8. The first kappa shape index (κ1) is 17.1. The Morgan fingerprint density at radius 3 is 2.28 bits per heavy atom. The number of nitrogens with zero attached hydrogens (tertiary/aromatic N) is 1. The average molecular weight is 356 g/mol. The number of para-hydroxylation sites is 2. The molecule has 0 aliphatic heterocycles. The van der Waals surface area contributed by atoms with Crippen molar-refractivity contribution < 1.29 is 13.2 Å². The Balaban J connectivity index is 2.13. The van der Waals surface area contributed by atoms with E-state index in [0.717, 1.165) is 11.1 Å². The van der Waals surface area contributed by atoms with Crippen molar-refractivity contribution in [2.24, 2.45) is 0 Å².